The lowest BCUT2D eigenvalue weighted by molar-refractivity contribution is 0.793. The molecule has 1 aliphatic carbocycles. The lowest BCUT2D eigenvalue weighted by Gasteiger charge is -2.11. The third kappa shape index (κ3) is 1.13. The molecule has 0 fully saturated rings. The Morgan fingerprint density at radius 2 is 2.50 bits per heavy atom. The minimum atomic E-state index is 0.922. The van der Waals surface area contributed by atoms with E-state index in [4.69, 9.17) is 6.42 Å². The van der Waals surface area contributed by atoms with Crippen molar-refractivity contribution in [2.75, 3.05) is 0 Å². The fraction of sp³-hybridized carbons (Fsp3) is 0.500. The van der Waals surface area contributed by atoms with E-state index < -0.39 is 0 Å². The van der Waals surface area contributed by atoms with Crippen LogP contribution in [0.3, 0.4) is 0 Å². The van der Waals surface area contributed by atoms with E-state index >= 15 is 0 Å². The average molecular weight is 106 g/mol. The van der Waals surface area contributed by atoms with Gasteiger partial charge in [0.2, 0.25) is 0 Å². The van der Waals surface area contributed by atoms with Crippen molar-refractivity contribution >= 4 is 0 Å². The van der Waals surface area contributed by atoms with E-state index in [0.717, 1.165) is 12.8 Å². The van der Waals surface area contributed by atoms with Gasteiger partial charge in [-0.2, -0.15) is 0 Å². The van der Waals surface area contributed by atoms with Crippen LogP contribution in [0.25, 0.3) is 0 Å². The molecule has 0 aromatic heterocycles. The Morgan fingerprint density at radius 3 is 2.88 bits per heavy atom. The van der Waals surface area contributed by atoms with E-state index in [1.807, 2.05) is 0 Å². The Morgan fingerprint density at radius 1 is 1.75 bits per heavy atom. The molecule has 0 spiro atoms. The minimum Gasteiger partial charge on any atom is -0.120 e. The molecule has 0 amide bonds. The van der Waals surface area contributed by atoms with Crippen LogP contribution < -0.4 is 0 Å². The molecule has 1 aliphatic rings. The molecule has 0 saturated carbocycles. The van der Waals surface area contributed by atoms with Gasteiger partial charge in [-0.1, -0.05) is 11.6 Å². The highest BCUT2D eigenvalue weighted by Crippen LogP contribution is 2.21. The minimum absolute atomic E-state index is 0.922. The Bertz CT molecular complexity index is 135. The van der Waals surface area contributed by atoms with E-state index in [1.165, 1.54) is 12.8 Å². The van der Waals surface area contributed by atoms with Crippen LogP contribution in [0.2, 0.25) is 0 Å². The molecule has 0 atom stereocenters. The van der Waals surface area contributed by atoms with Gasteiger partial charge in [-0.25, -0.2) is 0 Å². The van der Waals surface area contributed by atoms with Crippen molar-refractivity contribution in [3.8, 4) is 12.3 Å². The first kappa shape index (κ1) is 5.44. The summed E-state index contributed by atoms with van der Waals surface area (Å²) in [5.74, 6) is 2.63. The van der Waals surface area contributed by atoms with E-state index in [1.54, 1.807) is 5.57 Å². The van der Waals surface area contributed by atoms with E-state index in [9.17, 15) is 0 Å². The van der Waals surface area contributed by atoms with Crippen molar-refractivity contribution in [2.24, 2.45) is 0 Å². The van der Waals surface area contributed by atoms with Crippen LogP contribution in [0, 0.1) is 12.3 Å². The second-order valence-electron chi connectivity index (χ2n) is 2.11. The third-order valence-electron chi connectivity index (χ3n) is 1.49. The predicted octanol–water partition coefficient (Wildman–Crippen LogP) is 2.12. The van der Waals surface area contributed by atoms with Gasteiger partial charge < -0.3 is 0 Å². The maximum Gasteiger partial charge on any atom is 0.0123 e. The Kier molecular flexibility index (Phi) is 1.75. The number of allylic oxidation sites excluding steroid dienone is 2. The molecule has 1 rings (SSSR count). The molecule has 0 nitrogen and oxygen atoms in total. The molecule has 0 saturated heterocycles. The third-order valence-corrected chi connectivity index (χ3v) is 1.49. The smallest absolute Gasteiger partial charge is 0.0123 e. The number of terminal acetylenes is 1. The molecule has 0 aromatic carbocycles. The summed E-state index contributed by atoms with van der Waals surface area (Å²) in [5.41, 5.74) is 1.56. The normalized spacial score (nSPS) is 16.1. The maximum atomic E-state index is 5.08. The fourth-order valence-electron chi connectivity index (χ4n) is 0.808. The molecular weight excluding hydrogens is 96.1 g/mol. The lowest BCUT2D eigenvalue weighted by atomic mass is 9.95. The molecular formula is C8H10. The summed E-state index contributed by atoms with van der Waals surface area (Å²) in [5, 5.41) is 0. The van der Waals surface area contributed by atoms with Gasteiger partial charge in [0.1, 0.15) is 0 Å². The average Bonchev–Trinajstić information content (AvgIpc) is 1.63. The highest BCUT2D eigenvalue weighted by molar-refractivity contribution is 5.13. The number of rotatable bonds is 2. The van der Waals surface area contributed by atoms with E-state index in [0.29, 0.717) is 0 Å². The molecule has 0 aromatic rings. The predicted molar refractivity (Wildman–Crippen MR) is 35.4 cm³/mol. The van der Waals surface area contributed by atoms with Gasteiger partial charge in [0.25, 0.3) is 0 Å². The van der Waals surface area contributed by atoms with Crippen molar-refractivity contribution in [2.45, 2.75) is 25.7 Å². The lowest BCUT2D eigenvalue weighted by Crippen LogP contribution is -1.92. The summed E-state index contributed by atoms with van der Waals surface area (Å²) >= 11 is 0. The summed E-state index contributed by atoms with van der Waals surface area (Å²) in [6.07, 6.45) is 12.0. The zero-order valence-electron chi connectivity index (χ0n) is 4.98. The van der Waals surface area contributed by atoms with Crippen LogP contribution in [0.1, 0.15) is 25.7 Å². The van der Waals surface area contributed by atoms with Gasteiger partial charge in [-0.05, 0) is 19.3 Å². The molecule has 8 heavy (non-hydrogen) atoms. The van der Waals surface area contributed by atoms with Gasteiger partial charge >= 0.3 is 0 Å². The quantitative estimate of drug-likeness (QED) is 0.373. The Hall–Kier alpha value is -0.700. The highest BCUT2D eigenvalue weighted by Gasteiger charge is 2.02. The number of hydrogen-bond donors (Lipinski definition) is 0. The Labute approximate surface area is 50.6 Å². The first-order valence-corrected chi connectivity index (χ1v) is 3.05. The summed E-state index contributed by atoms with van der Waals surface area (Å²) in [6, 6.07) is 0. The van der Waals surface area contributed by atoms with Crippen LogP contribution in [-0.4, -0.2) is 0 Å². The molecule has 0 unspecified atom stereocenters. The SMILES string of the molecule is C#CCCC1=CCC1. The fourth-order valence-corrected chi connectivity index (χ4v) is 0.808. The van der Waals surface area contributed by atoms with Gasteiger partial charge in [-0.15, -0.1) is 12.3 Å². The second kappa shape index (κ2) is 2.57. The largest absolute Gasteiger partial charge is 0.120 e. The second-order valence-corrected chi connectivity index (χ2v) is 2.11. The van der Waals surface area contributed by atoms with Crippen molar-refractivity contribution < 1.29 is 0 Å². The van der Waals surface area contributed by atoms with Gasteiger partial charge in [0, 0.05) is 6.42 Å². The number of hydrogen-bond acceptors (Lipinski definition) is 0. The Balaban J connectivity index is 2.13. The van der Waals surface area contributed by atoms with Crippen LogP contribution in [-0.2, 0) is 0 Å². The van der Waals surface area contributed by atoms with Crippen molar-refractivity contribution in [1.29, 1.82) is 0 Å². The van der Waals surface area contributed by atoms with Crippen LogP contribution in [0.4, 0.5) is 0 Å². The van der Waals surface area contributed by atoms with E-state index in [-0.39, 0.29) is 0 Å². The molecule has 0 heterocycles. The zero-order valence-corrected chi connectivity index (χ0v) is 4.98. The molecule has 0 N–H and O–H groups in total. The van der Waals surface area contributed by atoms with Crippen LogP contribution >= 0.6 is 0 Å². The zero-order chi connectivity index (χ0) is 5.82. The highest BCUT2D eigenvalue weighted by atomic mass is 14.1. The van der Waals surface area contributed by atoms with Crippen molar-refractivity contribution in [3.05, 3.63) is 11.6 Å². The topological polar surface area (TPSA) is 0 Å². The standard InChI is InChI=1S/C8H10/c1-2-3-5-8-6-4-7-8/h1,6H,3-5,7H2. The molecule has 0 radical (unpaired) electrons. The molecule has 42 valence electrons. The van der Waals surface area contributed by atoms with Gasteiger partial charge in [0.05, 0.1) is 0 Å². The van der Waals surface area contributed by atoms with Crippen LogP contribution in [0.5, 0.6) is 0 Å². The van der Waals surface area contributed by atoms with Gasteiger partial charge in [-0.3, -0.25) is 0 Å². The summed E-state index contributed by atoms with van der Waals surface area (Å²) in [4.78, 5) is 0. The molecule has 0 heteroatoms. The monoisotopic (exact) mass is 106 g/mol. The van der Waals surface area contributed by atoms with Crippen LogP contribution in [0.15, 0.2) is 11.6 Å². The summed E-state index contributed by atoms with van der Waals surface area (Å²) in [6.45, 7) is 0. The maximum absolute atomic E-state index is 5.08. The van der Waals surface area contributed by atoms with Crippen molar-refractivity contribution in [1.82, 2.24) is 0 Å². The summed E-state index contributed by atoms with van der Waals surface area (Å²) < 4.78 is 0. The van der Waals surface area contributed by atoms with Crippen molar-refractivity contribution in [3.63, 3.8) is 0 Å². The first-order valence-electron chi connectivity index (χ1n) is 3.05. The summed E-state index contributed by atoms with van der Waals surface area (Å²) in [7, 11) is 0. The van der Waals surface area contributed by atoms with Gasteiger partial charge in [0.15, 0.2) is 0 Å². The first-order chi connectivity index (χ1) is 3.93. The van der Waals surface area contributed by atoms with E-state index in [2.05, 4.69) is 12.0 Å². The molecule has 0 bridgehead atoms. The molecule has 0 aliphatic heterocycles.